The van der Waals surface area contributed by atoms with E-state index in [-0.39, 0.29) is 58.5 Å². The van der Waals surface area contributed by atoms with Crippen LogP contribution in [0.25, 0.3) is 0 Å². The van der Waals surface area contributed by atoms with E-state index in [0.717, 1.165) is 31.0 Å². The largest absolute Gasteiger partial charge is 0.462 e. The van der Waals surface area contributed by atoms with E-state index in [9.17, 15) is 19.5 Å². The Hall–Kier alpha value is -1.30. The Morgan fingerprint density at radius 1 is 1.07 bits per heavy atom. The Balaban J connectivity index is 1.22. The summed E-state index contributed by atoms with van der Waals surface area (Å²) in [6, 6.07) is 0. The number of ketones is 1. The molecule has 3 saturated heterocycles. The molecule has 44 heavy (non-hydrogen) atoms. The zero-order valence-corrected chi connectivity index (χ0v) is 28.1. The highest BCUT2D eigenvalue weighted by atomic mass is 32.2. The molecule has 9 nitrogen and oxygen atoms in total. The number of esters is 1. The third-order valence-electron chi connectivity index (χ3n) is 13.9. The summed E-state index contributed by atoms with van der Waals surface area (Å²) in [6.45, 7) is 13.9. The van der Waals surface area contributed by atoms with Crippen molar-refractivity contribution in [2.24, 2.45) is 34.5 Å². The first-order valence-corrected chi connectivity index (χ1v) is 17.6. The fraction of sp³-hybridized carbons (Fsp3) is 0.853. The van der Waals surface area contributed by atoms with Gasteiger partial charge in [-0.1, -0.05) is 38.6 Å². The van der Waals surface area contributed by atoms with Crippen molar-refractivity contribution in [3.05, 3.63) is 12.2 Å². The molecule has 13 atom stereocenters. The molecule has 4 aliphatic carbocycles. The zero-order valence-electron chi connectivity index (χ0n) is 27.3. The summed E-state index contributed by atoms with van der Waals surface area (Å²) in [4.78, 5) is 37.7. The van der Waals surface area contributed by atoms with Crippen molar-refractivity contribution >= 4 is 28.6 Å². The quantitative estimate of drug-likeness (QED) is 0.337. The Kier molecular flexibility index (Phi) is 6.69. The highest BCUT2D eigenvalue weighted by Gasteiger charge is 2.79. The number of aliphatic hydroxyl groups is 1. The maximum Gasteiger partial charge on any atom is 0.302 e. The van der Waals surface area contributed by atoms with Gasteiger partial charge in [-0.2, -0.15) is 0 Å². The lowest BCUT2D eigenvalue weighted by Crippen LogP contribution is -2.65. The average molecular weight is 633 g/mol. The summed E-state index contributed by atoms with van der Waals surface area (Å²) in [5.41, 5.74) is -3.90. The molecule has 0 aromatic carbocycles. The van der Waals surface area contributed by atoms with Crippen LogP contribution < -0.4 is 0 Å². The Morgan fingerprint density at radius 3 is 2.45 bits per heavy atom. The summed E-state index contributed by atoms with van der Waals surface area (Å²) in [5, 5.41) is 12.8. The molecule has 10 heteroatoms. The van der Waals surface area contributed by atoms with Gasteiger partial charge in [-0.05, 0) is 76.0 Å². The number of epoxide rings is 1. The number of hydrogen-bond donors (Lipinski definition) is 1. The van der Waals surface area contributed by atoms with Gasteiger partial charge in [0.25, 0.3) is 5.97 Å². The summed E-state index contributed by atoms with van der Waals surface area (Å²) < 4.78 is 31.8. The number of hydrogen-bond acceptors (Lipinski definition) is 10. The number of carbonyl (C=O) groups is 3. The van der Waals surface area contributed by atoms with E-state index in [4.69, 9.17) is 23.7 Å². The Labute approximate surface area is 264 Å². The molecule has 6 fully saturated rings. The average Bonchev–Trinajstić information content (AvgIpc) is 3.57. The van der Waals surface area contributed by atoms with Crippen LogP contribution in [0.3, 0.4) is 0 Å². The fourth-order valence-electron chi connectivity index (χ4n) is 11.1. The molecule has 1 spiro atoms. The molecule has 13 unspecified atom stereocenters. The molecule has 3 aliphatic heterocycles. The van der Waals surface area contributed by atoms with E-state index in [0.29, 0.717) is 19.3 Å². The van der Waals surface area contributed by atoms with Gasteiger partial charge in [0.05, 0.1) is 23.7 Å². The molecule has 7 aliphatic rings. The number of carbonyl (C=O) groups excluding carboxylic acids is 3. The van der Waals surface area contributed by atoms with Crippen molar-refractivity contribution < 1.29 is 43.2 Å². The number of rotatable bonds is 5. The second kappa shape index (κ2) is 9.41. The number of ether oxygens (including phenoxy) is 5. The molecule has 0 radical (unpaired) electrons. The molecule has 0 amide bonds. The predicted molar refractivity (Wildman–Crippen MR) is 161 cm³/mol. The topological polar surface area (TPSA) is 121 Å². The van der Waals surface area contributed by atoms with Crippen LogP contribution in [0.1, 0.15) is 93.4 Å². The first-order chi connectivity index (χ1) is 20.4. The van der Waals surface area contributed by atoms with Crippen LogP contribution in [0.4, 0.5) is 0 Å². The van der Waals surface area contributed by atoms with Crippen LogP contribution in [0.15, 0.2) is 12.2 Å². The fourth-order valence-corrected chi connectivity index (χ4v) is 11.4. The van der Waals surface area contributed by atoms with Crippen molar-refractivity contribution in [3.63, 3.8) is 0 Å². The molecule has 2 bridgehead atoms. The molecule has 3 heterocycles. The number of fused-ring (bicyclic) bond motifs is 6. The molecule has 3 saturated carbocycles. The third-order valence-corrected chi connectivity index (χ3v) is 14.5. The molecule has 1 N–H and O–H groups in total. The monoisotopic (exact) mass is 632 g/mol. The molecule has 244 valence electrons. The maximum atomic E-state index is 12.9. The van der Waals surface area contributed by atoms with E-state index in [1.165, 1.54) is 6.92 Å². The first-order valence-electron chi connectivity index (χ1n) is 16.4. The summed E-state index contributed by atoms with van der Waals surface area (Å²) in [6.07, 6.45) is 8.26. The summed E-state index contributed by atoms with van der Waals surface area (Å²) in [7, 11) is 0. The van der Waals surface area contributed by atoms with Crippen LogP contribution >= 0.6 is 11.8 Å². The molecule has 0 aromatic rings. The lowest BCUT2D eigenvalue weighted by Gasteiger charge is -2.61. The van der Waals surface area contributed by atoms with Gasteiger partial charge in [0.1, 0.15) is 17.3 Å². The molecule has 0 aromatic heterocycles. The highest BCUT2D eigenvalue weighted by Crippen LogP contribution is 2.73. The minimum absolute atomic E-state index is 0.00417. The first kappa shape index (κ1) is 31.3. The Morgan fingerprint density at radius 2 is 1.77 bits per heavy atom. The minimum Gasteiger partial charge on any atom is -0.462 e. The normalized spacial score (nSPS) is 53.6. The third kappa shape index (κ3) is 3.87. The van der Waals surface area contributed by atoms with Crippen molar-refractivity contribution in [2.75, 3.05) is 6.26 Å². The summed E-state index contributed by atoms with van der Waals surface area (Å²) in [5.74, 6) is -1.83. The van der Waals surface area contributed by atoms with Gasteiger partial charge in [0.15, 0.2) is 17.0 Å². The van der Waals surface area contributed by atoms with Gasteiger partial charge in [-0.15, -0.1) is 0 Å². The van der Waals surface area contributed by atoms with E-state index < -0.39 is 46.0 Å². The van der Waals surface area contributed by atoms with Crippen molar-refractivity contribution in [3.8, 4) is 0 Å². The van der Waals surface area contributed by atoms with Crippen molar-refractivity contribution in [1.82, 2.24) is 0 Å². The van der Waals surface area contributed by atoms with E-state index in [2.05, 4.69) is 26.8 Å². The summed E-state index contributed by atoms with van der Waals surface area (Å²) >= 11 is 1.13. The van der Waals surface area contributed by atoms with E-state index in [1.807, 2.05) is 20.8 Å². The van der Waals surface area contributed by atoms with Gasteiger partial charge in [-0.3, -0.25) is 14.4 Å². The standard InChI is InChI=1S/C34H48O9S/c1-18(23-15-31(7)28(3,4)42-34(40-23,43-31)17-25(37)44-8)32(38)14-10-20-26-21(9-12-29(20,32)5)30(6)13-11-22(36)27-33(30,41-27)16-24(26)39-19(2)35/h11,13,18,20-21,23-24,26-27,38H,9-10,12,14-17H2,1-8H3. The second-order valence-electron chi connectivity index (χ2n) is 16.0. The van der Waals surface area contributed by atoms with Crippen LogP contribution in [-0.2, 0) is 38.1 Å². The molecular weight excluding hydrogens is 584 g/mol. The van der Waals surface area contributed by atoms with Crippen LogP contribution in [-0.4, -0.2) is 74.9 Å². The lowest BCUT2D eigenvalue weighted by atomic mass is 9.44. The SMILES string of the molecule is CSC(=O)CC12OC(C(C)C3(O)CCC4C5C(OC(C)=O)CC67OC6C(=O)C=CC7(C)C5CCC43C)CC(C)(O1)C(C)(C)O2. The van der Waals surface area contributed by atoms with Gasteiger partial charge in [0.2, 0.25) is 0 Å². The number of thioether (sulfide) groups is 1. The Bertz CT molecular complexity index is 1330. The highest BCUT2D eigenvalue weighted by molar-refractivity contribution is 8.13. The predicted octanol–water partition coefficient (Wildman–Crippen LogP) is 4.72. The van der Waals surface area contributed by atoms with E-state index in [1.54, 1.807) is 12.3 Å². The molecular formula is C34H48O9S. The smallest absolute Gasteiger partial charge is 0.302 e. The van der Waals surface area contributed by atoms with Crippen LogP contribution in [0, 0.1) is 34.5 Å². The van der Waals surface area contributed by atoms with Gasteiger partial charge in [0, 0.05) is 37.0 Å². The van der Waals surface area contributed by atoms with Gasteiger partial charge in [-0.25, -0.2) is 0 Å². The van der Waals surface area contributed by atoms with Gasteiger partial charge < -0.3 is 28.8 Å². The maximum absolute atomic E-state index is 12.9. The molecule has 7 rings (SSSR count). The van der Waals surface area contributed by atoms with Crippen LogP contribution in [0.2, 0.25) is 0 Å². The zero-order chi connectivity index (χ0) is 31.9. The van der Waals surface area contributed by atoms with Crippen molar-refractivity contribution in [2.45, 2.75) is 140 Å². The van der Waals surface area contributed by atoms with Crippen LogP contribution in [0.5, 0.6) is 0 Å². The lowest BCUT2D eigenvalue weighted by molar-refractivity contribution is -0.396. The van der Waals surface area contributed by atoms with E-state index >= 15 is 0 Å². The van der Waals surface area contributed by atoms with Crippen molar-refractivity contribution in [1.29, 1.82) is 0 Å². The second-order valence-corrected chi connectivity index (χ2v) is 16.9. The minimum atomic E-state index is -1.49. The van der Waals surface area contributed by atoms with Gasteiger partial charge >= 0.3 is 5.97 Å².